The number of carbonyl (C=O) groups is 2. The molecule has 1 N–H and O–H groups in total. The van der Waals surface area contributed by atoms with Crippen LogP contribution in [0.5, 0.6) is 11.5 Å². The van der Waals surface area contributed by atoms with Crippen molar-refractivity contribution in [1.29, 1.82) is 0 Å². The fourth-order valence-corrected chi connectivity index (χ4v) is 3.75. The summed E-state index contributed by atoms with van der Waals surface area (Å²) in [4.78, 5) is 26.4. The summed E-state index contributed by atoms with van der Waals surface area (Å²) in [5.41, 5.74) is 1.91. The molecule has 1 fully saturated rings. The first-order valence-corrected chi connectivity index (χ1v) is 9.84. The number of thioether (sulfide) groups is 1. The standard InChI is InChI=1S/C22H20FNO4S/c1-3-5-16-10-15(11-18(20(16)25)28-4-2)12-19-21(26)24(22(27)29-19)13-14-6-8-17(23)9-7-14/h3,6-12,25H,1,4-5,13H2,2H3/b19-12-. The molecule has 150 valence electrons. The lowest BCUT2D eigenvalue weighted by atomic mass is 10.1. The van der Waals surface area contributed by atoms with Crippen LogP contribution >= 0.6 is 11.8 Å². The average molecular weight is 413 g/mol. The highest BCUT2D eigenvalue weighted by molar-refractivity contribution is 8.18. The Labute approximate surface area is 172 Å². The van der Waals surface area contributed by atoms with Gasteiger partial charge in [0, 0.05) is 5.56 Å². The number of phenolic OH excluding ortho intramolecular Hbond substituents is 1. The maximum absolute atomic E-state index is 13.1. The lowest BCUT2D eigenvalue weighted by molar-refractivity contribution is -0.123. The predicted octanol–water partition coefficient (Wildman–Crippen LogP) is 4.90. The molecule has 1 aliphatic heterocycles. The number of halogens is 1. The molecule has 0 bridgehead atoms. The van der Waals surface area contributed by atoms with E-state index in [1.165, 1.54) is 24.3 Å². The van der Waals surface area contributed by atoms with E-state index in [9.17, 15) is 19.1 Å². The molecule has 1 saturated heterocycles. The maximum atomic E-state index is 13.1. The number of benzene rings is 2. The normalized spacial score (nSPS) is 15.2. The van der Waals surface area contributed by atoms with E-state index in [-0.39, 0.29) is 28.3 Å². The minimum atomic E-state index is -0.416. The number of carbonyl (C=O) groups excluding carboxylic acids is 2. The number of allylic oxidation sites excluding steroid dienone is 1. The van der Waals surface area contributed by atoms with E-state index < -0.39 is 5.91 Å². The first kappa shape index (κ1) is 20.7. The summed E-state index contributed by atoms with van der Waals surface area (Å²) in [5.74, 6) is -0.451. The predicted molar refractivity (Wildman–Crippen MR) is 111 cm³/mol. The van der Waals surface area contributed by atoms with Crippen LogP contribution in [0.1, 0.15) is 23.6 Å². The van der Waals surface area contributed by atoms with Gasteiger partial charge in [-0.3, -0.25) is 14.5 Å². The SMILES string of the molecule is C=CCc1cc(/C=C2\SC(=O)N(Cc3ccc(F)cc3)C2=O)cc(OCC)c1O. The van der Waals surface area contributed by atoms with E-state index in [1.54, 1.807) is 31.2 Å². The summed E-state index contributed by atoms with van der Waals surface area (Å²) in [7, 11) is 0. The highest BCUT2D eigenvalue weighted by Crippen LogP contribution is 2.37. The van der Waals surface area contributed by atoms with Gasteiger partial charge in [-0.2, -0.15) is 0 Å². The molecule has 0 aliphatic carbocycles. The van der Waals surface area contributed by atoms with E-state index >= 15 is 0 Å². The zero-order chi connectivity index (χ0) is 21.0. The van der Waals surface area contributed by atoms with Crippen LogP contribution in [-0.2, 0) is 17.8 Å². The summed E-state index contributed by atoms with van der Waals surface area (Å²) in [6.45, 7) is 5.94. The third-order valence-corrected chi connectivity index (χ3v) is 5.17. The van der Waals surface area contributed by atoms with Gasteiger partial charge in [0.25, 0.3) is 11.1 Å². The zero-order valence-electron chi connectivity index (χ0n) is 15.9. The topological polar surface area (TPSA) is 66.8 Å². The number of ether oxygens (including phenoxy) is 1. The highest BCUT2D eigenvalue weighted by Gasteiger charge is 2.35. The molecule has 2 aromatic rings. The third-order valence-electron chi connectivity index (χ3n) is 4.27. The van der Waals surface area contributed by atoms with Crippen molar-refractivity contribution in [3.63, 3.8) is 0 Å². The molecule has 1 heterocycles. The Kier molecular flexibility index (Phi) is 6.39. The molecule has 0 atom stereocenters. The molecule has 0 aromatic heterocycles. The molecular formula is C22H20FNO4S. The Morgan fingerprint density at radius 1 is 1.24 bits per heavy atom. The molecule has 2 aromatic carbocycles. The number of aromatic hydroxyl groups is 1. The van der Waals surface area contributed by atoms with Gasteiger partial charge in [0.1, 0.15) is 5.82 Å². The first-order valence-electron chi connectivity index (χ1n) is 9.02. The average Bonchev–Trinajstić information content (AvgIpc) is 2.95. The van der Waals surface area contributed by atoms with Crippen molar-refractivity contribution in [3.8, 4) is 11.5 Å². The van der Waals surface area contributed by atoms with Crippen molar-refractivity contribution in [2.75, 3.05) is 6.61 Å². The number of phenols is 1. The summed E-state index contributed by atoms with van der Waals surface area (Å²) in [6.07, 6.45) is 3.69. The lowest BCUT2D eigenvalue weighted by Crippen LogP contribution is -2.27. The molecule has 5 nitrogen and oxygen atoms in total. The van der Waals surface area contributed by atoms with Crippen molar-refractivity contribution in [3.05, 3.63) is 76.5 Å². The second-order valence-electron chi connectivity index (χ2n) is 6.35. The van der Waals surface area contributed by atoms with Crippen molar-refractivity contribution >= 4 is 29.0 Å². The van der Waals surface area contributed by atoms with Gasteiger partial charge in [-0.1, -0.05) is 18.2 Å². The second kappa shape index (κ2) is 8.96. The van der Waals surface area contributed by atoms with Crippen LogP contribution < -0.4 is 4.74 Å². The van der Waals surface area contributed by atoms with Gasteiger partial charge < -0.3 is 9.84 Å². The largest absolute Gasteiger partial charge is 0.504 e. The van der Waals surface area contributed by atoms with Crippen molar-refractivity contribution < 1.29 is 23.8 Å². The summed E-state index contributed by atoms with van der Waals surface area (Å²) < 4.78 is 18.5. The Morgan fingerprint density at radius 2 is 1.97 bits per heavy atom. The maximum Gasteiger partial charge on any atom is 0.293 e. The van der Waals surface area contributed by atoms with Crippen LogP contribution in [0.2, 0.25) is 0 Å². The number of imide groups is 1. The molecule has 3 rings (SSSR count). The van der Waals surface area contributed by atoms with E-state index in [1.807, 2.05) is 0 Å². The monoisotopic (exact) mass is 413 g/mol. The third kappa shape index (κ3) is 4.68. The molecule has 0 spiro atoms. The summed E-state index contributed by atoms with van der Waals surface area (Å²) in [6, 6.07) is 9.01. The van der Waals surface area contributed by atoms with Crippen LogP contribution in [0.4, 0.5) is 9.18 Å². The van der Waals surface area contributed by atoms with Gasteiger partial charge in [-0.25, -0.2) is 4.39 Å². The second-order valence-corrected chi connectivity index (χ2v) is 7.34. The molecular weight excluding hydrogens is 393 g/mol. The lowest BCUT2D eigenvalue weighted by Gasteiger charge is -2.12. The van der Waals surface area contributed by atoms with Gasteiger partial charge in [-0.15, -0.1) is 6.58 Å². The van der Waals surface area contributed by atoms with E-state index in [2.05, 4.69) is 6.58 Å². The van der Waals surface area contributed by atoms with E-state index in [0.29, 0.717) is 35.5 Å². The summed E-state index contributed by atoms with van der Waals surface area (Å²) in [5, 5.41) is 9.91. The van der Waals surface area contributed by atoms with Gasteiger partial charge in [0.05, 0.1) is 18.1 Å². The Bertz CT molecular complexity index is 985. The van der Waals surface area contributed by atoms with Gasteiger partial charge in [0.15, 0.2) is 11.5 Å². The number of amides is 2. The Morgan fingerprint density at radius 3 is 2.62 bits per heavy atom. The van der Waals surface area contributed by atoms with Crippen molar-refractivity contribution in [2.45, 2.75) is 19.9 Å². The van der Waals surface area contributed by atoms with Crippen LogP contribution in [0.15, 0.2) is 54.0 Å². The molecule has 7 heteroatoms. The van der Waals surface area contributed by atoms with E-state index in [4.69, 9.17) is 4.74 Å². The molecule has 2 amide bonds. The minimum absolute atomic E-state index is 0.0355. The van der Waals surface area contributed by atoms with Crippen molar-refractivity contribution in [1.82, 2.24) is 4.90 Å². The van der Waals surface area contributed by atoms with E-state index in [0.717, 1.165) is 16.7 Å². The van der Waals surface area contributed by atoms with Gasteiger partial charge in [0.2, 0.25) is 0 Å². The molecule has 0 unspecified atom stereocenters. The minimum Gasteiger partial charge on any atom is -0.504 e. The number of hydrogen-bond acceptors (Lipinski definition) is 5. The number of hydrogen-bond donors (Lipinski definition) is 1. The molecule has 0 saturated carbocycles. The number of nitrogens with zero attached hydrogens (tertiary/aromatic N) is 1. The van der Waals surface area contributed by atoms with Crippen LogP contribution in [0.3, 0.4) is 0 Å². The molecule has 29 heavy (non-hydrogen) atoms. The Hall–Kier alpha value is -3.06. The molecule has 0 radical (unpaired) electrons. The number of rotatable bonds is 7. The van der Waals surface area contributed by atoms with Gasteiger partial charge in [-0.05, 0) is 66.6 Å². The first-order chi connectivity index (χ1) is 13.9. The zero-order valence-corrected chi connectivity index (χ0v) is 16.7. The highest BCUT2D eigenvalue weighted by atomic mass is 32.2. The fraction of sp³-hybridized carbons (Fsp3) is 0.182. The van der Waals surface area contributed by atoms with Crippen LogP contribution in [-0.4, -0.2) is 27.8 Å². The fourth-order valence-electron chi connectivity index (χ4n) is 2.91. The van der Waals surface area contributed by atoms with Crippen molar-refractivity contribution in [2.24, 2.45) is 0 Å². The summed E-state index contributed by atoms with van der Waals surface area (Å²) >= 11 is 0.843. The Balaban J connectivity index is 1.88. The van der Waals surface area contributed by atoms with Crippen LogP contribution in [0.25, 0.3) is 6.08 Å². The van der Waals surface area contributed by atoms with Gasteiger partial charge >= 0.3 is 0 Å². The van der Waals surface area contributed by atoms with Crippen LogP contribution in [0, 0.1) is 5.82 Å². The smallest absolute Gasteiger partial charge is 0.293 e. The quantitative estimate of drug-likeness (QED) is 0.517. The molecule has 1 aliphatic rings.